The number of alkyl halides is 3. The third kappa shape index (κ3) is 3.70. The van der Waals surface area contributed by atoms with Crippen LogP contribution >= 0.6 is 0 Å². The first-order chi connectivity index (χ1) is 9.15. The Morgan fingerprint density at radius 1 is 1.55 bits per heavy atom. The van der Waals surface area contributed by atoms with Crippen LogP contribution in [0.1, 0.15) is 5.56 Å². The van der Waals surface area contributed by atoms with Crippen molar-refractivity contribution in [3.63, 3.8) is 0 Å². The molecule has 0 saturated heterocycles. The van der Waals surface area contributed by atoms with Crippen molar-refractivity contribution in [2.24, 2.45) is 0 Å². The zero-order valence-corrected chi connectivity index (χ0v) is 9.80. The maximum absolute atomic E-state index is 12.1. The Bertz CT molecular complexity index is 545. The number of hydrogen-bond acceptors (Lipinski definition) is 6. The third-order valence-electron chi connectivity index (χ3n) is 1.99. The Balaban J connectivity index is 3.41. The number of halogens is 3. The Labute approximate surface area is 108 Å². The van der Waals surface area contributed by atoms with Crippen LogP contribution in [0.15, 0.2) is 6.20 Å². The van der Waals surface area contributed by atoms with Gasteiger partial charge in [0, 0.05) is 11.8 Å². The van der Waals surface area contributed by atoms with E-state index in [4.69, 9.17) is 5.11 Å². The molecule has 0 unspecified atom stereocenters. The van der Waals surface area contributed by atoms with Gasteiger partial charge in [-0.15, -0.1) is 13.2 Å². The predicted octanol–water partition coefficient (Wildman–Crippen LogP) is 1.52. The molecule has 0 aromatic carbocycles. The molecule has 0 amide bonds. The fourth-order valence-electron chi connectivity index (χ4n) is 1.37. The van der Waals surface area contributed by atoms with E-state index in [-0.39, 0.29) is 5.56 Å². The zero-order chi connectivity index (χ0) is 15.5. The van der Waals surface area contributed by atoms with Crippen molar-refractivity contribution in [1.29, 1.82) is 0 Å². The minimum Gasteiger partial charge on any atom is -0.490 e. The average molecular weight is 296 g/mol. The second-order valence-electron chi connectivity index (χ2n) is 3.35. The number of carboxylic acids is 1. The number of nitrogens with zero attached hydrogens (tertiary/aromatic N) is 2. The summed E-state index contributed by atoms with van der Waals surface area (Å²) in [7, 11) is 0.949. The van der Waals surface area contributed by atoms with Crippen LogP contribution in [0.25, 0.3) is 0 Å². The fraction of sp³-hybridized carbons (Fsp3) is 0.333. The van der Waals surface area contributed by atoms with Gasteiger partial charge < -0.3 is 14.6 Å². The number of pyridine rings is 1. The lowest BCUT2D eigenvalue weighted by Crippen LogP contribution is -2.19. The number of aromatic nitrogens is 1. The molecule has 0 aliphatic rings. The van der Waals surface area contributed by atoms with Gasteiger partial charge >= 0.3 is 23.9 Å². The van der Waals surface area contributed by atoms with E-state index in [0.29, 0.717) is 6.20 Å². The van der Waals surface area contributed by atoms with Crippen molar-refractivity contribution in [1.82, 2.24) is 4.98 Å². The highest BCUT2D eigenvalue weighted by Gasteiger charge is 2.38. The van der Waals surface area contributed by atoms with Gasteiger partial charge in [-0.2, -0.15) is 0 Å². The third-order valence-corrected chi connectivity index (χ3v) is 1.99. The molecule has 0 spiro atoms. The van der Waals surface area contributed by atoms with E-state index in [2.05, 4.69) is 14.5 Å². The number of carbonyl (C=O) groups is 1. The lowest BCUT2D eigenvalue weighted by atomic mass is 10.1. The Morgan fingerprint density at radius 3 is 2.55 bits per heavy atom. The van der Waals surface area contributed by atoms with Crippen LogP contribution in [0.4, 0.5) is 18.9 Å². The molecule has 0 fully saturated rings. The quantitative estimate of drug-likeness (QED) is 0.647. The summed E-state index contributed by atoms with van der Waals surface area (Å²) in [4.78, 5) is 23.3. The molecule has 110 valence electrons. The molecule has 0 atom stereocenters. The fourth-order valence-corrected chi connectivity index (χ4v) is 1.37. The van der Waals surface area contributed by atoms with E-state index in [9.17, 15) is 28.1 Å². The summed E-state index contributed by atoms with van der Waals surface area (Å²) in [5.41, 5.74) is -1.44. The van der Waals surface area contributed by atoms with Gasteiger partial charge in [-0.1, -0.05) is 0 Å². The molecular weight excluding hydrogens is 289 g/mol. The standard InChI is InChI=1S/C9H7F3N2O6/c1-19-7-4(2-5(15)16)3-13-8(6(7)14(17)18)20-9(10,11)12/h3H,2H2,1H3,(H,15,16). The number of methoxy groups -OCH3 is 1. The van der Waals surface area contributed by atoms with Crippen molar-refractivity contribution in [3.05, 3.63) is 21.9 Å². The van der Waals surface area contributed by atoms with E-state index in [0.717, 1.165) is 7.11 Å². The number of rotatable bonds is 5. The largest absolute Gasteiger partial charge is 0.574 e. The first-order valence-electron chi connectivity index (χ1n) is 4.83. The highest BCUT2D eigenvalue weighted by atomic mass is 19.4. The maximum atomic E-state index is 12.1. The molecule has 0 radical (unpaired) electrons. The highest BCUT2D eigenvalue weighted by Crippen LogP contribution is 2.39. The topological polar surface area (TPSA) is 112 Å². The number of aliphatic carboxylic acids is 1. The molecule has 0 aliphatic carbocycles. The van der Waals surface area contributed by atoms with Gasteiger partial charge in [0.15, 0.2) is 0 Å². The second kappa shape index (κ2) is 5.59. The summed E-state index contributed by atoms with van der Waals surface area (Å²) in [6.07, 6.45) is -5.18. The monoisotopic (exact) mass is 296 g/mol. The predicted molar refractivity (Wildman–Crippen MR) is 55.5 cm³/mol. The van der Waals surface area contributed by atoms with Crippen LogP contribution in [0.2, 0.25) is 0 Å². The second-order valence-corrected chi connectivity index (χ2v) is 3.35. The molecule has 1 N–H and O–H groups in total. The summed E-state index contributed by atoms with van der Waals surface area (Å²) >= 11 is 0. The summed E-state index contributed by atoms with van der Waals surface area (Å²) in [5.74, 6) is -3.33. The van der Waals surface area contributed by atoms with Crippen LogP contribution in [0, 0.1) is 10.1 Å². The molecule has 0 saturated carbocycles. The molecule has 0 bridgehead atoms. The Kier molecular flexibility index (Phi) is 4.32. The van der Waals surface area contributed by atoms with Crippen LogP contribution < -0.4 is 9.47 Å². The van der Waals surface area contributed by atoms with E-state index in [1.165, 1.54) is 0 Å². The van der Waals surface area contributed by atoms with Gasteiger partial charge in [0.05, 0.1) is 18.5 Å². The van der Waals surface area contributed by atoms with Crippen LogP contribution in [-0.4, -0.2) is 34.5 Å². The van der Waals surface area contributed by atoms with E-state index < -0.39 is 41.0 Å². The molecule has 20 heavy (non-hydrogen) atoms. The Hall–Kier alpha value is -2.59. The molecule has 1 heterocycles. The van der Waals surface area contributed by atoms with Crippen molar-refractivity contribution < 1.29 is 37.5 Å². The maximum Gasteiger partial charge on any atom is 0.574 e. The Morgan fingerprint density at radius 2 is 2.15 bits per heavy atom. The van der Waals surface area contributed by atoms with Gasteiger partial charge in [-0.05, 0) is 0 Å². The smallest absolute Gasteiger partial charge is 0.490 e. The number of nitro groups is 1. The van der Waals surface area contributed by atoms with Gasteiger partial charge in [-0.25, -0.2) is 4.98 Å². The first kappa shape index (κ1) is 15.5. The van der Waals surface area contributed by atoms with Crippen LogP contribution in [-0.2, 0) is 11.2 Å². The molecular formula is C9H7F3N2O6. The first-order valence-corrected chi connectivity index (χ1v) is 4.83. The zero-order valence-electron chi connectivity index (χ0n) is 9.80. The van der Waals surface area contributed by atoms with E-state index in [1.54, 1.807) is 0 Å². The van der Waals surface area contributed by atoms with Gasteiger partial charge in [-0.3, -0.25) is 14.9 Å². The highest BCUT2D eigenvalue weighted by molar-refractivity contribution is 5.73. The normalized spacial score (nSPS) is 11.0. The van der Waals surface area contributed by atoms with Gasteiger partial charge in [0.25, 0.3) is 0 Å². The van der Waals surface area contributed by atoms with Crippen molar-refractivity contribution in [3.8, 4) is 11.6 Å². The summed E-state index contributed by atoms with van der Waals surface area (Å²) < 4.78 is 44.4. The van der Waals surface area contributed by atoms with Gasteiger partial charge in [0.2, 0.25) is 5.75 Å². The summed E-state index contributed by atoms with van der Waals surface area (Å²) in [6.45, 7) is 0. The number of ether oxygens (including phenoxy) is 2. The molecule has 1 rings (SSSR count). The average Bonchev–Trinajstić information content (AvgIpc) is 2.27. The number of carboxylic acid groups (broad SMARTS) is 1. The lowest BCUT2D eigenvalue weighted by molar-refractivity contribution is -0.390. The van der Waals surface area contributed by atoms with Gasteiger partial charge in [0.1, 0.15) is 0 Å². The molecule has 8 nitrogen and oxygen atoms in total. The molecule has 11 heteroatoms. The molecule has 1 aromatic rings. The minimum absolute atomic E-state index is 0.249. The van der Waals surface area contributed by atoms with Crippen LogP contribution in [0.5, 0.6) is 11.6 Å². The van der Waals surface area contributed by atoms with Crippen molar-refractivity contribution in [2.75, 3.05) is 7.11 Å². The van der Waals surface area contributed by atoms with Crippen LogP contribution in [0.3, 0.4) is 0 Å². The lowest BCUT2D eigenvalue weighted by Gasteiger charge is -2.12. The summed E-state index contributed by atoms with van der Waals surface area (Å²) in [6, 6.07) is 0. The summed E-state index contributed by atoms with van der Waals surface area (Å²) in [5, 5.41) is 19.4. The van der Waals surface area contributed by atoms with Crippen molar-refractivity contribution >= 4 is 11.7 Å². The molecule has 0 aliphatic heterocycles. The molecule has 1 aromatic heterocycles. The number of hydrogen-bond donors (Lipinski definition) is 1. The SMILES string of the molecule is COc1c(CC(=O)O)cnc(OC(F)(F)F)c1[N+](=O)[O-]. The minimum atomic E-state index is -5.18. The van der Waals surface area contributed by atoms with Crippen molar-refractivity contribution in [2.45, 2.75) is 12.8 Å². The van der Waals surface area contributed by atoms with E-state index in [1.807, 2.05) is 0 Å². The van der Waals surface area contributed by atoms with E-state index >= 15 is 0 Å².